The van der Waals surface area contributed by atoms with Gasteiger partial charge in [0.2, 0.25) is 0 Å². The molecule has 0 radical (unpaired) electrons. The van der Waals surface area contributed by atoms with E-state index >= 15 is 0 Å². The minimum atomic E-state index is -0.0584. The highest BCUT2D eigenvalue weighted by Crippen LogP contribution is 2.27. The molecule has 0 atom stereocenters. The lowest BCUT2D eigenvalue weighted by Gasteiger charge is -2.11. The third-order valence-electron chi connectivity index (χ3n) is 3.86. The number of nitrogens with one attached hydrogen (secondary N) is 1. The molecule has 0 unspecified atom stereocenters. The van der Waals surface area contributed by atoms with Gasteiger partial charge in [-0.3, -0.25) is 4.79 Å². The lowest BCUT2D eigenvalue weighted by Crippen LogP contribution is -2.25. The Bertz CT molecular complexity index is 697. The number of hydrogen-bond acceptors (Lipinski definition) is 4. The normalized spacial score (nSPS) is 10.6. The molecule has 0 fully saturated rings. The first-order valence-electron chi connectivity index (χ1n) is 8.26. The highest BCUT2D eigenvalue weighted by molar-refractivity contribution is 5.94. The number of benzene rings is 2. The Labute approximate surface area is 149 Å². The summed E-state index contributed by atoms with van der Waals surface area (Å²) in [6.07, 6.45) is 0.727. The second-order valence-electron chi connectivity index (χ2n) is 6.13. The summed E-state index contributed by atoms with van der Waals surface area (Å²) in [5.74, 6) is 1.34. The van der Waals surface area contributed by atoms with Gasteiger partial charge in [0.15, 0.2) is 11.5 Å². The number of amides is 1. The van der Waals surface area contributed by atoms with Crippen molar-refractivity contribution in [2.24, 2.45) is 0 Å². The van der Waals surface area contributed by atoms with Gasteiger partial charge in [-0.25, -0.2) is 0 Å². The number of carbonyl (C=O) groups excluding carboxylic acids is 1. The number of methoxy groups -OCH3 is 2. The molecule has 0 spiro atoms. The SMILES string of the molecule is COc1ccc(CCNC(=O)c2ccc(CN(C)C)cc2)cc1OC. The Kier molecular flexibility index (Phi) is 6.83. The zero-order valence-electron chi connectivity index (χ0n) is 15.3. The average Bonchev–Trinajstić information content (AvgIpc) is 2.61. The molecule has 25 heavy (non-hydrogen) atoms. The summed E-state index contributed by atoms with van der Waals surface area (Å²) in [6.45, 7) is 1.43. The molecule has 0 aliphatic heterocycles. The number of hydrogen-bond donors (Lipinski definition) is 1. The average molecular weight is 342 g/mol. The van der Waals surface area contributed by atoms with Crippen LogP contribution < -0.4 is 14.8 Å². The highest BCUT2D eigenvalue weighted by atomic mass is 16.5. The molecule has 0 saturated carbocycles. The van der Waals surface area contributed by atoms with E-state index in [0.29, 0.717) is 23.6 Å². The van der Waals surface area contributed by atoms with Gasteiger partial charge in [0, 0.05) is 18.7 Å². The standard InChI is InChI=1S/C20H26N2O3/c1-22(2)14-16-5-8-17(9-6-16)20(23)21-12-11-15-7-10-18(24-3)19(13-15)25-4/h5-10,13H,11-12,14H2,1-4H3,(H,21,23). The van der Waals surface area contributed by atoms with Gasteiger partial charge in [0.1, 0.15) is 0 Å². The molecule has 0 aromatic heterocycles. The fourth-order valence-electron chi connectivity index (χ4n) is 2.59. The van der Waals surface area contributed by atoms with Crippen LogP contribution in [0.2, 0.25) is 0 Å². The minimum Gasteiger partial charge on any atom is -0.493 e. The third-order valence-corrected chi connectivity index (χ3v) is 3.86. The van der Waals surface area contributed by atoms with Crippen molar-refractivity contribution in [1.82, 2.24) is 10.2 Å². The van der Waals surface area contributed by atoms with Crippen LogP contribution in [0, 0.1) is 0 Å². The largest absolute Gasteiger partial charge is 0.493 e. The molecular weight excluding hydrogens is 316 g/mol. The van der Waals surface area contributed by atoms with Crippen molar-refractivity contribution in [1.29, 1.82) is 0 Å². The number of ether oxygens (including phenoxy) is 2. The van der Waals surface area contributed by atoms with Crippen molar-refractivity contribution >= 4 is 5.91 Å². The highest BCUT2D eigenvalue weighted by Gasteiger charge is 2.07. The maximum absolute atomic E-state index is 12.2. The van der Waals surface area contributed by atoms with Gasteiger partial charge in [-0.05, 0) is 55.9 Å². The molecule has 5 heteroatoms. The maximum Gasteiger partial charge on any atom is 0.251 e. The molecule has 5 nitrogen and oxygen atoms in total. The predicted molar refractivity (Wildman–Crippen MR) is 99.4 cm³/mol. The molecule has 1 amide bonds. The summed E-state index contributed by atoms with van der Waals surface area (Å²) >= 11 is 0. The number of rotatable bonds is 8. The van der Waals surface area contributed by atoms with Crippen LogP contribution in [-0.4, -0.2) is 45.7 Å². The molecule has 2 aromatic carbocycles. The summed E-state index contributed by atoms with van der Waals surface area (Å²) < 4.78 is 10.5. The van der Waals surface area contributed by atoms with E-state index in [1.165, 1.54) is 5.56 Å². The van der Waals surface area contributed by atoms with Crippen molar-refractivity contribution < 1.29 is 14.3 Å². The monoisotopic (exact) mass is 342 g/mol. The van der Waals surface area contributed by atoms with Crippen LogP contribution in [0.5, 0.6) is 11.5 Å². The van der Waals surface area contributed by atoms with Gasteiger partial charge in [-0.2, -0.15) is 0 Å². The molecule has 0 bridgehead atoms. The topological polar surface area (TPSA) is 50.8 Å². The third kappa shape index (κ3) is 5.50. The van der Waals surface area contributed by atoms with Gasteiger partial charge in [-0.15, -0.1) is 0 Å². The summed E-state index contributed by atoms with van der Waals surface area (Å²) in [6, 6.07) is 13.5. The van der Waals surface area contributed by atoms with Crippen LogP contribution in [-0.2, 0) is 13.0 Å². The fraction of sp³-hybridized carbons (Fsp3) is 0.350. The van der Waals surface area contributed by atoms with Crippen LogP contribution in [0.15, 0.2) is 42.5 Å². The van der Waals surface area contributed by atoms with E-state index in [4.69, 9.17) is 9.47 Å². The molecule has 134 valence electrons. The molecular formula is C20H26N2O3. The first-order chi connectivity index (χ1) is 12.0. The van der Waals surface area contributed by atoms with Crippen molar-refractivity contribution in [2.45, 2.75) is 13.0 Å². The molecule has 2 aromatic rings. The Hall–Kier alpha value is -2.53. The van der Waals surface area contributed by atoms with Crippen LogP contribution in [0.4, 0.5) is 0 Å². The van der Waals surface area contributed by atoms with E-state index in [1.807, 2.05) is 56.6 Å². The molecule has 1 N–H and O–H groups in total. The Morgan fingerprint density at radius 2 is 1.60 bits per heavy atom. The van der Waals surface area contributed by atoms with E-state index < -0.39 is 0 Å². The van der Waals surface area contributed by atoms with E-state index in [0.717, 1.165) is 18.5 Å². The van der Waals surface area contributed by atoms with Crippen molar-refractivity contribution in [3.63, 3.8) is 0 Å². The molecule has 0 saturated heterocycles. The van der Waals surface area contributed by atoms with Gasteiger partial charge in [0.05, 0.1) is 14.2 Å². The zero-order chi connectivity index (χ0) is 18.2. The lowest BCUT2D eigenvalue weighted by atomic mass is 10.1. The first kappa shape index (κ1) is 18.8. The summed E-state index contributed by atoms with van der Waals surface area (Å²) in [4.78, 5) is 14.3. The second kappa shape index (κ2) is 9.08. The Balaban J connectivity index is 1.88. The summed E-state index contributed by atoms with van der Waals surface area (Å²) in [7, 11) is 7.27. The second-order valence-corrected chi connectivity index (χ2v) is 6.13. The predicted octanol–water partition coefficient (Wildman–Crippen LogP) is 2.74. The van der Waals surface area contributed by atoms with Crippen molar-refractivity contribution in [2.75, 3.05) is 34.9 Å². The fourth-order valence-corrected chi connectivity index (χ4v) is 2.59. The quantitative estimate of drug-likeness (QED) is 0.801. The Morgan fingerprint density at radius 1 is 0.960 bits per heavy atom. The number of carbonyl (C=O) groups is 1. The molecule has 0 aliphatic carbocycles. The maximum atomic E-state index is 12.2. The van der Waals surface area contributed by atoms with Crippen LogP contribution in [0.25, 0.3) is 0 Å². The summed E-state index contributed by atoms with van der Waals surface area (Å²) in [5, 5.41) is 2.95. The van der Waals surface area contributed by atoms with Gasteiger partial charge < -0.3 is 19.7 Å². The van der Waals surface area contributed by atoms with E-state index in [1.54, 1.807) is 14.2 Å². The van der Waals surface area contributed by atoms with Gasteiger partial charge in [-0.1, -0.05) is 18.2 Å². The molecule has 0 heterocycles. The summed E-state index contributed by atoms with van der Waals surface area (Å²) in [5.41, 5.74) is 2.95. The van der Waals surface area contributed by atoms with Crippen molar-refractivity contribution in [3.8, 4) is 11.5 Å². The Morgan fingerprint density at radius 3 is 2.20 bits per heavy atom. The van der Waals surface area contributed by atoms with Crippen LogP contribution in [0.1, 0.15) is 21.5 Å². The van der Waals surface area contributed by atoms with E-state index in [2.05, 4.69) is 10.2 Å². The first-order valence-corrected chi connectivity index (χ1v) is 8.26. The van der Waals surface area contributed by atoms with Crippen LogP contribution >= 0.6 is 0 Å². The van der Waals surface area contributed by atoms with Crippen molar-refractivity contribution in [3.05, 3.63) is 59.2 Å². The lowest BCUT2D eigenvalue weighted by molar-refractivity contribution is 0.0954. The van der Waals surface area contributed by atoms with Gasteiger partial charge in [0.25, 0.3) is 5.91 Å². The number of nitrogens with zero attached hydrogens (tertiary/aromatic N) is 1. The molecule has 2 rings (SSSR count). The smallest absolute Gasteiger partial charge is 0.251 e. The zero-order valence-corrected chi connectivity index (χ0v) is 15.3. The van der Waals surface area contributed by atoms with E-state index in [9.17, 15) is 4.79 Å². The van der Waals surface area contributed by atoms with Gasteiger partial charge >= 0.3 is 0 Å². The van der Waals surface area contributed by atoms with E-state index in [-0.39, 0.29) is 5.91 Å². The minimum absolute atomic E-state index is 0.0584. The molecule has 0 aliphatic rings. The van der Waals surface area contributed by atoms with Crippen LogP contribution in [0.3, 0.4) is 0 Å².